The third kappa shape index (κ3) is 4.26. The molecule has 0 unspecified atom stereocenters. The first-order valence-electron chi connectivity index (χ1n) is 8.07. The third-order valence-electron chi connectivity index (χ3n) is 3.88. The molecule has 1 amide bonds. The van der Waals surface area contributed by atoms with Gasteiger partial charge in [-0.2, -0.15) is 0 Å². The second-order valence-corrected chi connectivity index (χ2v) is 5.97. The summed E-state index contributed by atoms with van der Waals surface area (Å²) in [5.41, 5.74) is 3.43. The summed E-state index contributed by atoms with van der Waals surface area (Å²) >= 11 is 0. The van der Waals surface area contributed by atoms with Gasteiger partial charge in [0.15, 0.2) is 0 Å². The van der Waals surface area contributed by atoms with Crippen LogP contribution in [0.2, 0.25) is 0 Å². The summed E-state index contributed by atoms with van der Waals surface area (Å²) in [5, 5.41) is 6.73. The van der Waals surface area contributed by atoms with Crippen molar-refractivity contribution in [2.45, 2.75) is 27.2 Å². The number of hydrogen-bond acceptors (Lipinski definition) is 4. The zero-order chi connectivity index (χ0) is 17.8. The average Bonchev–Trinajstić information content (AvgIpc) is 2.89. The number of amides is 1. The summed E-state index contributed by atoms with van der Waals surface area (Å²) in [7, 11) is 0. The molecule has 2 aromatic carbocycles. The Morgan fingerprint density at radius 2 is 1.84 bits per heavy atom. The third-order valence-corrected chi connectivity index (χ3v) is 3.88. The van der Waals surface area contributed by atoms with E-state index >= 15 is 0 Å². The van der Waals surface area contributed by atoms with Crippen LogP contribution < -0.4 is 10.1 Å². The molecule has 0 atom stereocenters. The summed E-state index contributed by atoms with van der Waals surface area (Å²) in [5.74, 6) is 2.07. The average molecular weight is 336 g/mol. The van der Waals surface area contributed by atoms with E-state index < -0.39 is 0 Å². The van der Waals surface area contributed by atoms with Gasteiger partial charge in [-0.1, -0.05) is 17.3 Å². The normalized spacial score (nSPS) is 10.5. The van der Waals surface area contributed by atoms with Crippen molar-refractivity contribution < 1.29 is 14.1 Å². The van der Waals surface area contributed by atoms with Gasteiger partial charge in [0.1, 0.15) is 17.3 Å². The molecule has 3 aromatic rings. The number of rotatable bonds is 5. The number of ether oxygens (including phenoxy) is 1. The Balaban J connectivity index is 1.61. The van der Waals surface area contributed by atoms with E-state index in [-0.39, 0.29) is 12.3 Å². The number of aromatic nitrogens is 1. The lowest BCUT2D eigenvalue weighted by Gasteiger charge is -2.08. The summed E-state index contributed by atoms with van der Waals surface area (Å²) in [6, 6.07) is 15.1. The zero-order valence-electron chi connectivity index (χ0n) is 14.5. The van der Waals surface area contributed by atoms with Crippen LogP contribution >= 0.6 is 0 Å². The molecule has 25 heavy (non-hydrogen) atoms. The number of anilines is 1. The van der Waals surface area contributed by atoms with Crippen molar-refractivity contribution in [1.82, 2.24) is 5.16 Å². The number of aryl methyl sites for hydroxylation is 3. The molecule has 1 heterocycles. The van der Waals surface area contributed by atoms with Crippen molar-refractivity contribution in [1.29, 1.82) is 0 Å². The Hall–Kier alpha value is -3.08. The molecular formula is C20H20N2O3. The van der Waals surface area contributed by atoms with Crippen molar-refractivity contribution in [3.05, 3.63) is 71.1 Å². The molecule has 0 aliphatic carbocycles. The number of benzene rings is 2. The van der Waals surface area contributed by atoms with Crippen LogP contribution in [0.3, 0.4) is 0 Å². The predicted octanol–water partition coefficient (Wildman–Crippen LogP) is 4.57. The highest BCUT2D eigenvalue weighted by molar-refractivity contribution is 5.92. The number of nitrogens with one attached hydrogen (secondary N) is 1. The Kier molecular flexibility index (Phi) is 4.84. The number of hydrogen-bond donors (Lipinski definition) is 1. The van der Waals surface area contributed by atoms with E-state index in [1.54, 1.807) is 6.92 Å². The SMILES string of the molecule is Cc1cccc(Oc2ccc(NC(=O)Cc3c(C)noc3C)cc2)c1. The van der Waals surface area contributed by atoms with E-state index in [1.807, 2.05) is 62.4 Å². The summed E-state index contributed by atoms with van der Waals surface area (Å²) in [6.45, 7) is 5.65. The minimum absolute atomic E-state index is 0.109. The van der Waals surface area contributed by atoms with Crippen LogP contribution in [0.25, 0.3) is 0 Å². The zero-order valence-corrected chi connectivity index (χ0v) is 14.5. The fourth-order valence-corrected chi connectivity index (χ4v) is 2.54. The van der Waals surface area contributed by atoms with Crippen LogP contribution in [0, 0.1) is 20.8 Å². The van der Waals surface area contributed by atoms with Gasteiger partial charge in [-0.25, -0.2) is 0 Å². The van der Waals surface area contributed by atoms with E-state index in [0.717, 1.165) is 22.6 Å². The van der Waals surface area contributed by atoms with E-state index in [2.05, 4.69) is 10.5 Å². The first-order chi connectivity index (χ1) is 12.0. The van der Waals surface area contributed by atoms with Gasteiger partial charge in [0, 0.05) is 11.3 Å². The molecule has 0 spiro atoms. The maximum Gasteiger partial charge on any atom is 0.228 e. The minimum Gasteiger partial charge on any atom is -0.457 e. The van der Waals surface area contributed by atoms with Gasteiger partial charge < -0.3 is 14.6 Å². The summed E-state index contributed by atoms with van der Waals surface area (Å²) < 4.78 is 10.9. The first kappa shape index (κ1) is 16.8. The van der Waals surface area contributed by atoms with Gasteiger partial charge in [0.05, 0.1) is 12.1 Å². The number of nitrogens with zero attached hydrogens (tertiary/aromatic N) is 1. The lowest BCUT2D eigenvalue weighted by Crippen LogP contribution is -2.15. The van der Waals surface area contributed by atoms with Crippen molar-refractivity contribution in [3.63, 3.8) is 0 Å². The molecule has 0 saturated carbocycles. The van der Waals surface area contributed by atoms with Crippen LogP contribution in [0.4, 0.5) is 5.69 Å². The second kappa shape index (κ2) is 7.21. The highest BCUT2D eigenvalue weighted by Crippen LogP contribution is 2.24. The van der Waals surface area contributed by atoms with E-state index in [1.165, 1.54) is 0 Å². The molecule has 0 radical (unpaired) electrons. The topological polar surface area (TPSA) is 64.4 Å². The molecule has 0 fully saturated rings. The molecule has 1 N–H and O–H groups in total. The number of carbonyl (C=O) groups excluding carboxylic acids is 1. The molecule has 128 valence electrons. The summed E-state index contributed by atoms with van der Waals surface area (Å²) in [6.07, 6.45) is 0.239. The van der Waals surface area contributed by atoms with Crippen molar-refractivity contribution in [2.75, 3.05) is 5.32 Å². The Morgan fingerprint density at radius 1 is 1.08 bits per heavy atom. The monoisotopic (exact) mass is 336 g/mol. The maximum atomic E-state index is 12.2. The van der Waals surface area contributed by atoms with Crippen molar-refractivity contribution in [3.8, 4) is 11.5 Å². The lowest BCUT2D eigenvalue weighted by molar-refractivity contribution is -0.115. The van der Waals surface area contributed by atoms with Gasteiger partial charge in [0.25, 0.3) is 0 Å². The van der Waals surface area contributed by atoms with Crippen LogP contribution in [0.1, 0.15) is 22.6 Å². The fourth-order valence-electron chi connectivity index (χ4n) is 2.54. The van der Waals surface area contributed by atoms with E-state index in [4.69, 9.17) is 9.26 Å². The van der Waals surface area contributed by atoms with Gasteiger partial charge in [-0.05, 0) is 62.7 Å². The quantitative estimate of drug-likeness (QED) is 0.741. The maximum absolute atomic E-state index is 12.2. The molecule has 0 aliphatic heterocycles. The van der Waals surface area contributed by atoms with Gasteiger partial charge in [-0.3, -0.25) is 4.79 Å². The van der Waals surface area contributed by atoms with Crippen LogP contribution in [0.5, 0.6) is 11.5 Å². The lowest BCUT2D eigenvalue weighted by atomic mass is 10.1. The fraction of sp³-hybridized carbons (Fsp3) is 0.200. The molecule has 0 aliphatic rings. The van der Waals surface area contributed by atoms with E-state index in [0.29, 0.717) is 17.2 Å². The Bertz CT molecular complexity index is 863. The molecule has 0 bridgehead atoms. The van der Waals surface area contributed by atoms with E-state index in [9.17, 15) is 4.79 Å². The summed E-state index contributed by atoms with van der Waals surface area (Å²) in [4.78, 5) is 12.2. The standard InChI is InChI=1S/C20H20N2O3/c1-13-5-4-6-18(11-13)24-17-9-7-16(8-10-17)21-20(23)12-19-14(2)22-25-15(19)3/h4-11H,12H2,1-3H3,(H,21,23). The van der Waals surface area contributed by atoms with Gasteiger partial charge >= 0.3 is 0 Å². The molecule has 5 nitrogen and oxygen atoms in total. The van der Waals surface area contributed by atoms with Crippen LogP contribution in [-0.4, -0.2) is 11.1 Å². The highest BCUT2D eigenvalue weighted by Gasteiger charge is 2.13. The second-order valence-electron chi connectivity index (χ2n) is 5.97. The number of carbonyl (C=O) groups is 1. The predicted molar refractivity (Wildman–Crippen MR) is 96.0 cm³/mol. The largest absolute Gasteiger partial charge is 0.457 e. The highest BCUT2D eigenvalue weighted by atomic mass is 16.5. The van der Waals surface area contributed by atoms with Crippen molar-refractivity contribution in [2.24, 2.45) is 0 Å². The smallest absolute Gasteiger partial charge is 0.228 e. The first-order valence-corrected chi connectivity index (χ1v) is 8.07. The van der Waals surface area contributed by atoms with Gasteiger partial charge in [-0.15, -0.1) is 0 Å². The molecule has 1 aromatic heterocycles. The molecule has 0 saturated heterocycles. The molecule has 5 heteroatoms. The minimum atomic E-state index is -0.109. The van der Waals surface area contributed by atoms with Crippen molar-refractivity contribution >= 4 is 11.6 Å². The Morgan fingerprint density at radius 3 is 2.48 bits per heavy atom. The molecule has 3 rings (SSSR count). The Labute approximate surface area is 146 Å². The molecular weight excluding hydrogens is 316 g/mol. The van der Waals surface area contributed by atoms with Crippen LogP contribution in [0.15, 0.2) is 53.1 Å². The van der Waals surface area contributed by atoms with Crippen LogP contribution in [-0.2, 0) is 11.2 Å². The van der Waals surface area contributed by atoms with Gasteiger partial charge in [0.2, 0.25) is 5.91 Å².